The molecule has 14 nitrogen and oxygen atoms in total. The Morgan fingerprint density at radius 2 is 0.957 bits per heavy atom. The van der Waals surface area contributed by atoms with Crippen LogP contribution >= 0.6 is 0 Å². The molecule has 0 saturated carbocycles. The lowest BCUT2D eigenvalue weighted by atomic mass is 9.85. The lowest BCUT2D eigenvalue weighted by molar-refractivity contribution is -0.173. The van der Waals surface area contributed by atoms with E-state index in [-0.39, 0.29) is 25.7 Å². The summed E-state index contributed by atoms with van der Waals surface area (Å²) in [4.78, 5) is 74.2. The molecule has 46 heavy (non-hydrogen) atoms. The molecule has 1 aliphatic heterocycles. The Kier molecular flexibility index (Phi) is 16.6. The molecule has 0 radical (unpaired) electrons. The first kappa shape index (κ1) is 40.8. The molecular formula is C32H52O14. The van der Waals surface area contributed by atoms with Gasteiger partial charge in [-0.25, -0.2) is 0 Å². The van der Waals surface area contributed by atoms with Gasteiger partial charge in [0.05, 0.1) is 24.0 Å². The molecule has 0 spiro atoms. The molecule has 0 bridgehead atoms. The Balaban J connectivity index is 3.66. The van der Waals surface area contributed by atoms with Crippen LogP contribution in [0.4, 0.5) is 0 Å². The van der Waals surface area contributed by atoms with Gasteiger partial charge in [0.2, 0.25) is 0 Å². The Bertz CT molecular complexity index is 977. The number of aliphatic hydroxyl groups is 2. The van der Waals surface area contributed by atoms with Gasteiger partial charge in [-0.1, -0.05) is 13.8 Å². The highest BCUT2D eigenvalue weighted by Crippen LogP contribution is 2.30. The van der Waals surface area contributed by atoms with Gasteiger partial charge in [0.1, 0.15) is 36.6 Å². The topological polar surface area (TPSA) is 198 Å². The Labute approximate surface area is 270 Å². The van der Waals surface area contributed by atoms with E-state index in [1.54, 1.807) is 27.7 Å². The molecule has 0 aliphatic carbocycles. The fourth-order valence-electron chi connectivity index (χ4n) is 5.65. The first-order valence-corrected chi connectivity index (χ1v) is 15.7. The molecule has 2 N–H and O–H groups in total. The molecule has 1 rings (SSSR count). The van der Waals surface area contributed by atoms with Gasteiger partial charge < -0.3 is 38.6 Å². The highest BCUT2D eigenvalue weighted by molar-refractivity contribution is 5.74. The Hall–Kier alpha value is -3.26. The second-order valence-corrected chi connectivity index (χ2v) is 12.5. The molecule has 0 unspecified atom stereocenters. The summed E-state index contributed by atoms with van der Waals surface area (Å²) < 4.78 is 33.1. The van der Waals surface area contributed by atoms with Crippen LogP contribution in [0.2, 0.25) is 0 Å². The monoisotopic (exact) mass is 660 g/mol. The van der Waals surface area contributed by atoms with Gasteiger partial charge in [0.25, 0.3) is 0 Å². The van der Waals surface area contributed by atoms with Crippen molar-refractivity contribution in [3.8, 4) is 0 Å². The second-order valence-electron chi connectivity index (χ2n) is 12.5. The number of carbonyl (C=O) groups is 6. The largest absolute Gasteiger partial charge is 0.463 e. The molecule has 264 valence electrons. The molecule has 0 amide bonds. The fraction of sp³-hybridized carbons (Fsp3) is 0.812. The fourth-order valence-corrected chi connectivity index (χ4v) is 5.65. The molecule has 1 saturated heterocycles. The first-order chi connectivity index (χ1) is 21.2. The van der Waals surface area contributed by atoms with Crippen molar-refractivity contribution in [2.75, 3.05) is 0 Å². The van der Waals surface area contributed by atoms with Crippen molar-refractivity contribution in [2.24, 2.45) is 23.7 Å². The van der Waals surface area contributed by atoms with Gasteiger partial charge in [0, 0.05) is 65.2 Å². The van der Waals surface area contributed by atoms with Crippen LogP contribution in [0.5, 0.6) is 0 Å². The third-order valence-electron chi connectivity index (χ3n) is 8.13. The van der Waals surface area contributed by atoms with Crippen LogP contribution in [-0.2, 0) is 57.2 Å². The van der Waals surface area contributed by atoms with Crippen molar-refractivity contribution in [1.29, 1.82) is 0 Å². The maximum Gasteiger partial charge on any atom is 0.311 e. The van der Waals surface area contributed by atoms with E-state index >= 15 is 0 Å². The number of ether oxygens (including phenoxy) is 6. The van der Waals surface area contributed by atoms with E-state index in [1.807, 2.05) is 0 Å². The number of aliphatic hydroxyl groups excluding tert-OH is 2. The third-order valence-corrected chi connectivity index (χ3v) is 8.13. The highest BCUT2D eigenvalue weighted by atomic mass is 16.6. The standard InChI is InChI=1S/C32H52O14/c1-15(41-21(7)33)11-25-13-27(43-23(9)35)17(3)29(37)20(6)32(40)46-26(12-16(2)42-22(8)34)14-28(44-24(10)36)18(4)30(38)19(5)31(39)45-25/h15-20,25-30,37-38H,11-14H2,1-10H3/t15-,16-,17+,18+,19+,20+,25+,26+,27+,28+,29+,30+/m1/s1. The number of carbonyl (C=O) groups excluding carboxylic acids is 6. The van der Waals surface area contributed by atoms with Gasteiger partial charge in [0.15, 0.2) is 0 Å². The van der Waals surface area contributed by atoms with Crippen LogP contribution in [0.1, 0.15) is 94.9 Å². The molecule has 1 heterocycles. The van der Waals surface area contributed by atoms with Crippen molar-refractivity contribution >= 4 is 35.8 Å². The SMILES string of the molecule is CC(=O)O[C@H](C)C[C@H]1C[C@H](OC(C)=O)[C@H](C)[C@H](O)[C@H](C)C(=O)O[C@@H](C[C@@H](C)OC(C)=O)C[C@H](OC(C)=O)[C@H](C)[C@H](O)[C@H](C)C(=O)O1. The molecule has 0 aromatic carbocycles. The zero-order valence-corrected chi connectivity index (χ0v) is 28.6. The summed E-state index contributed by atoms with van der Waals surface area (Å²) in [5, 5.41) is 22.6. The third kappa shape index (κ3) is 13.6. The number of hydrogen-bond acceptors (Lipinski definition) is 14. The smallest absolute Gasteiger partial charge is 0.311 e. The number of cyclic esters (lactones) is 2. The predicted octanol–water partition coefficient (Wildman–Crippen LogP) is 2.42. The molecule has 1 fully saturated rings. The molecule has 12 atom stereocenters. The molecule has 1 aliphatic rings. The van der Waals surface area contributed by atoms with Gasteiger partial charge in [-0.2, -0.15) is 0 Å². The number of hydrogen-bond donors (Lipinski definition) is 2. The maximum absolute atomic E-state index is 13.4. The maximum atomic E-state index is 13.4. The minimum Gasteiger partial charge on any atom is -0.463 e. The normalized spacial score (nSPS) is 33.0. The summed E-state index contributed by atoms with van der Waals surface area (Å²) in [7, 11) is 0. The molecule has 0 aromatic rings. The van der Waals surface area contributed by atoms with Crippen molar-refractivity contribution in [1.82, 2.24) is 0 Å². The van der Waals surface area contributed by atoms with Gasteiger partial charge >= 0.3 is 35.8 Å². The zero-order chi connectivity index (χ0) is 35.5. The van der Waals surface area contributed by atoms with E-state index in [2.05, 4.69) is 0 Å². The van der Waals surface area contributed by atoms with Crippen LogP contribution in [0.3, 0.4) is 0 Å². The van der Waals surface area contributed by atoms with Gasteiger partial charge in [-0.05, 0) is 27.7 Å². The summed E-state index contributed by atoms with van der Waals surface area (Å²) in [5.41, 5.74) is 0. The summed E-state index contributed by atoms with van der Waals surface area (Å²) >= 11 is 0. The lowest BCUT2D eigenvalue weighted by Crippen LogP contribution is -2.45. The van der Waals surface area contributed by atoms with E-state index in [0.29, 0.717) is 0 Å². The van der Waals surface area contributed by atoms with Crippen molar-refractivity contribution in [3.63, 3.8) is 0 Å². The Morgan fingerprint density at radius 3 is 1.22 bits per heavy atom. The lowest BCUT2D eigenvalue weighted by Gasteiger charge is -2.36. The van der Waals surface area contributed by atoms with E-state index < -0.39 is 108 Å². The minimum atomic E-state index is -1.40. The van der Waals surface area contributed by atoms with Crippen LogP contribution in [0.15, 0.2) is 0 Å². The van der Waals surface area contributed by atoms with Crippen molar-refractivity contribution < 1.29 is 67.4 Å². The molecule has 14 heteroatoms. The molecule has 0 aromatic heterocycles. The summed E-state index contributed by atoms with van der Waals surface area (Å²) in [5.74, 6) is -8.16. The number of rotatable bonds is 8. The van der Waals surface area contributed by atoms with E-state index in [9.17, 15) is 39.0 Å². The quantitative estimate of drug-likeness (QED) is 0.284. The van der Waals surface area contributed by atoms with E-state index in [4.69, 9.17) is 28.4 Å². The minimum absolute atomic E-state index is 0.000134. The van der Waals surface area contributed by atoms with Crippen LogP contribution < -0.4 is 0 Å². The zero-order valence-electron chi connectivity index (χ0n) is 28.6. The first-order valence-electron chi connectivity index (χ1n) is 15.7. The van der Waals surface area contributed by atoms with E-state index in [1.165, 1.54) is 41.5 Å². The average molecular weight is 661 g/mol. The molecular weight excluding hydrogens is 608 g/mol. The summed E-state index contributed by atoms with van der Waals surface area (Å²) in [6.45, 7) is 14.0. The van der Waals surface area contributed by atoms with Gasteiger partial charge in [-0.15, -0.1) is 0 Å². The summed E-state index contributed by atoms with van der Waals surface area (Å²) in [6, 6.07) is 0. The van der Waals surface area contributed by atoms with Crippen LogP contribution in [0, 0.1) is 23.7 Å². The number of esters is 6. The van der Waals surface area contributed by atoms with Crippen LogP contribution in [0.25, 0.3) is 0 Å². The van der Waals surface area contributed by atoms with Crippen molar-refractivity contribution in [2.45, 2.75) is 144 Å². The van der Waals surface area contributed by atoms with Gasteiger partial charge in [-0.3, -0.25) is 28.8 Å². The van der Waals surface area contributed by atoms with E-state index in [0.717, 1.165) is 0 Å². The van der Waals surface area contributed by atoms with Crippen LogP contribution in [-0.4, -0.2) is 94.9 Å². The highest BCUT2D eigenvalue weighted by Gasteiger charge is 2.41. The predicted molar refractivity (Wildman–Crippen MR) is 160 cm³/mol. The summed E-state index contributed by atoms with van der Waals surface area (Å²) in [6.07, 6.45) is -8.60. The Morgan fingerprint density at radius 1 is 0.652 bits per heavy atom. The second kappa shape index (κ2) is 18.8. The van der Waals surface area contributed by atoms with Crippen molar-refractivity contribution in [3.05, 3.63) is 0 Å². The average Bonchev–Trinajstić information content (AvgIpc) is 2.91.